The molecule has 1 saturated carbocycles. The molecule has 1 aliphatic carbocycles. The molecule has 2 saturated heterocycles. The van der Waals surface area contributed by atoms with Crippen molar-refractivity contribution in [2.45, 2.75) is 57.5 Å². The van der Waals surface area contributed by atoms with Gasteiger partial charge in [0.1, 0.15) is 0 Å². The fraction of sp³-hybridized carbons (Fsp3) is 0.654. The first-order chi connectivity index (χ1) is 16.7. The quantitative estimate of drug-likeness (QED) is 0.640. The van der Waals surface area contributed by atoms with Crippen LogP contribution in [0.15, 0.2) is 18.2 Å². The van der Waals surface area contributed by atoms with Crippen molar-refractivity contribution in [3.63, 3.8) is 0 Å². The molecule has 3 fully saturated rings. The number of hydrogen-bond donors (Lipinski definition) is 1. The molecule has 2 heterocycles. The second-order valence-corrected chi connectivity index (χ2v) is 10.3. The Hall–Kier alpha value is -2.76. The number of nitrogens with zero attached hydrogens (tertiary/aromatic N) is 3. The average molecular weight is 491 g/mol. The third kappa shape index (κ3) is 5.12. The zero-order valence-corrected chi connectivity index (χ0v) is 20.2. The Kier molecular flexibility index (Phi) is 7.30. The molecule has 0 aromatic heterocycles. The molecule has 1 N–H and O–H groups in total. The van der Waals surface area contributed by atoms with Crippen LogP contribution in [0.25, 0.3) is 0 Å². The van der Waals surface area contributed by atoms with Gasteiger partial charge in [0.25, 0.3) is 0 Å². The predicted octanol–water partition coefficient (Wildman–Crippen LogP) is 4.34. The minimum absolute atomic E-state index is 0.0841. The number of halogens is 3. The molecule has 1 spiro atoms. The molecule has 190 valence electrons. The van der Waals surface area contributed by atoms with Gasteiger partial charge in [0, 0.05) is 50.2 Å². The normalized spacial score (nSPS) is 23.1. The van der Waals surface area contributed by atoms with Crippen molar-refractivity contribution in [1.29, 1.82) is 5.26 Å². The number of alkyl halides is 3. The minimum atomic E-state index is -4.64. The Morgan fingerprint density at radius 2 is 1.77 bits per heavy atom. The van der Waals surface area contributed by atoms with Gasteiger partial charge in [0.2, 0.25) is 11.8 Å². The highest BCUT2D eigenvalue weighted by Gasteiger charge is 2.52. The van der Waals surface area contributed by atoms with E-state index >= 15 is 0 Å². The number of nitriles is 1. The molecule has 4 rings (SSSR count). The molecule has 1 unspecified atom stereocenters. The van der Waals surface area contributed by atoms with Crippen molar-refractivity contribution in [2.24, 2.45) is 17.3 Å². The Morgan fingerprint density at radius 3 is 2.34 bits per heavy atom. The largest absolute Gasteiger partial charge is 0.417 e. The van der Waals surface area contributed by atoms with E-state index in [0.717, 1.165) is 31.7 Å². The number of piperidine rings is 1. The minimum Gasteiger partial charge on any atom is -0.370 e. The number of carbonyl (C=O) groups excluding carboxylic acids is 2. The van der Waals surface area contributed by atoms with E-state index in [1.807, 2.05) is 9.80 Å². The highest BCUT2D eigenvalue weighted by molar-refractivity contribution is 5.82. The average Bonchev–Trinajstić information content (AvgIpc) is 3.02. The third-order valence-electron chi connectivity index (χ3n) is 8.28. The van der Waals surface area contributed by atoms with Crippen molar-refractivity contribution in [1.82, 2.24) is 10.2 Å². The summed E-state index contributed by atoms with van der Waals surface area (Å²) in [4.78, 5) is 29.8. The van der Waals surface area contributed by atoms with Crippen LogP contribution in [0.5, 0.6) is 0 Å². The summed E-state index contributed by atoms with van der Waals surface area (Å²) < 4.78 is 40.6. The van der Waals surface area contributed by atoms with E-state index in [9.17, 15) is 22.8 Å². The lowest BCUT2D eigenvalue weighted by molar-refractivity contribution is -0.139. The molecule has 3 aliphatic rings. The van der Waals surface area contributed by atoms with E-state index < -0.39 is 22.7 Å². The molecule has 0 bridgehead atoms. The summed E-state index contributed by atoms with van der Waals surface area (Å²) in [7, 11) is 1.58. The standard InChI is InChI=1S/C26H33F3N4O2/c1-31-23(34)22-16-33(20-9-8-19(15-30)21(14-20)26(27,28)29)17-25(22)10-12-32(13-11-25)24(35)18-6-4-2-3-5-7-18/h8-9,14,18,22H,2-7,10-13,16-17H2,1H3,(H,31,34). The van der Waals surface area contributed by atoms with Gasteiger partial charge in [-0.1, -0.05) is 25.7 Å². The number of benzene rings is 1. The number of nitrogens with one attached hydrogen (secondary N) is 1. The molecule has 9 heteroatoms. The van der Waals surface area contributed by atoms with Gasteiger partial charge >= 0.3 is 6.18 Å². The zero-order valence-electron chi connectivity index (χ0n) is 20.2. The summed E-state index contributed by atoms with van der Waals surface area (Å²) >= 11 is 0. The van der Waals surface area contributed by atoms with Crippen LogP contribution in [0.4, 0.5) is 18.9 Å². The lowest BCUT2D eigenvalue weighted by atomic mass is 9.70. The van der Waals surface area contributed by atoms with Gasteiger partial charge in [-0.05, 0) is 43.9 Å². The van der Waals surface area contributed by atoms with Gasteiger partial charge < -0.3 is 15.1 Å². The topological polar surface area (TPSA) is 76.4 Å². The van der Waals surface area contributed by atoms with Crippen LogP contribution in [-0.4, -0.2) is 49.9 Å². The summed E-state index contributed by atoms with van der Waals surface area (Å²) in [6, 6.07) is 5.36. The Labute approximate surface area is 204 Å². The molecule has 2 amide bonds. The molecule has 0 radical (unpaired) electrons. The van der Waals surface area contributed by atoms with Crippen molar-refractivity contribution in [3.8, 4) is 6.07 Å². The maximum atomic E-state index is 13.5. The van der Waals surface area contributed by atoms with Gasteiger partial charge in [0.15, 0.2) is 0 Å². The smallest absolute Gasteiger partial charge is 0.370 e. The third-order valence-corrected chi connectivity index (χ3v) is 8.28. The van der Waals surface area contributed by atoms with Crippen LogP contribution in [0.1, 0.15) is 62.5 Å². The predicted molar refractivity (Wildman–Crippen MR) is 125 cm³/mol. The number of hydrogen-bond acceptors (Lipinski definition) is 4. The maximum absolute atomic E-state index is 13.5. The molecule has 35 heavy (non-hydrogen) atoms. The first kappa shape index (κ1) is 25.3. The Balaban J connectivity index is 1.53. The van der Waals surface area contributed by atoms with E-state index in [-0.39, 0.29) is 23.7 Å². The molecule has 1 aromatic carbocycles. The second kappa shape index (κ2) is 10.1. The summed E-state index contributed by atoms with van der Waals surface area (Å²) in [5, 5.41) is 11.8. The van der Waals surface area contributed by atoms with E-state index in [0.29, 0.717) is 44.7 Å². The Morgan fingerprint density at radius 1 is 1.11 bits per heavy atom. The van der Waals surface area contributed by atoms with Crippen molar-refractivity contribution in [3.05, 3.63) is 29.3 Å². The van der Waals surface area contributed by atoms with Crippen LogP contribution in [0.2, 0.25) is 0 Å². The number of amides is 2. The molecule has 1 aromatic rings. The van der Waals surface area contributed by atoms with Gasteiger partial charge in [0.05, 0.1) is 23.1 Å². The summed E-state index contributed by atoms with van der Waals surface area (Å²) in [6.45, 7) is 1.88. The van der Waals surface area contributed by atoms with E-state index in [4.69, 9.17) is 5.26 Å². The summed E-state index contributed by atoms with van der Waals surface area (Å²) in [5.41, 5.74) is -1.42. The van der Waals surface area contributed by atoms with Crippen LogP contribution in [-0.2, 0) is 15.8 Å². The summed E-state index contributed by atoms with van der Waals surface area (Å²) in [6.07, 6.45) is 3.07. The van der Waals surface area contributed by atoms with Crippen LogP contribution >= 0.6 is 0 Å². The van der Waals surface area contributed by atoms with Gasteiger partial charge in [-0.2, -0.15) is 18.4 Å². The summed E-state index contributed by atoms with van der Waals surface area (Å²) in [5.74, 6) is -0.204. The molecule has 6 nitrogen and oxygen atoms in total. The number of anilines is 1. The van der Waals surface area contributed by atoms with E-state index in [2.05, 4.69) is 5.32 Å². The molecule has 2 aliphatic heterocycles. The first-order valence-electron chi connectivity index (χ1n) is 12.6. The van der Waals surface area contributed by atoms with Crippen LogP contribution in [0.3, 0.4) is 0 Å². The van der Waals surface area contributed by atoms with E-state index in [1.54, 1.807) is 13.1 Å². The number of rotatable bonds is 3. The molecular weight excluding hydrogens is 457 g/mol. The van der Waals surface area contributed by atoms with Crippen LogP contribution < -0.4 is 10.2 Å². The highest BCUT2D eigenvalue weighted by Crippen LogP contribution is 2.47. The fourth-order valence-corrected chi connectivity index (χ4v) is 6.23. The number of carbonyl (C=O) groups is 2. The SMILES string of the molecule is CNC(=O)C1CN(c2ccc(C#N)c(C(F)(F)F)c2)CC12CCN(C(=O)C1CCCCCC1)CC2. The maximum Gasteiger partial charge on any atom is 0.417 e. The van der Waals surface area contributed by atoms with Gasteiger partial charge in [-0.25, -0.2) is 0 Å². The van der Waals surface area contributed by atoms with E-state index in [1.165, 1.54) is 25.0 Å². The molecular formula is C26H33F3N4O2. The first-order valence-corrected chi connectivity index (χ1v) is 12.6. The lowest BCUT2D eigenvalue weighted by Crippen LogP contribution is -2.50. The van der Waals surface area contributed by atoms with Gasteiger partial charge in [-0.3, -0.25) is 9.59 Å². The highest BCUT2D eigenvalue weighted by atomic mass is 19.4. The Bertz CT molecular complexity index is 987. The van der Waals surface area contributed by atoms with Gasteiger partial charge in [-0.15, -0.1) is 0 Å². The van der Waals surface area contributed by atoms with Crippen molar-refractivity contribution >= 4 is 17.5 Å². The lowest BCUT2D eigenvalue weighted by Gasteiger charge is -2.42. The fourth-order valence-electron chi connectivity index (χ4n) is 6.23. The zero-order chi connectivity index (χ0) is 25.2. The second-order valence-electron chi connectivity index (χ2n) is 10.3. The van der Waals surface area contributed by atoms with Crippen molar-refractivity contribution < 1.29 is 22.8 Å². The van der Waals surface area contributed by atoms with Crippen LogP contribution in [0, 0.1) is 28.6 Å². The molecule has 1 atom stereocenters. The van der Waals surface area contributed by atoms with Crippen molar-refractivity contribution in [2.75, 3.05) is 38.1 Å². The number of likely N-dealkylation sites (tertiary alicyclic amines) is 1. The monoisotopic (exact) mass is 490 g/mol.